The Hall–Kier alpha value is -3.09. The molecule has 182 valence electrons. The summed E-state index contributed by atoms with van der Waals surface area (Å²) in [5, 5.41) is 8.27. The highest BCUT2D eigenvalue weighted by Gasteiger charge is 2.25. The van der Waals surface area contributed by atoms with Gasteiger partial charge in [0.05, 0.1) is 16.8 Å². The van der Waals surface area contributed by atoms with Crippen molar-refractivity contribution in [3.05, 3.63) is 38.9 Å². The number of hydrogen-bond acceptors (Lipinski definition) is 8. The van der Waals surface area contributed by atoms with Crippen LogP contribution in [0.3, 0.4) is 0 Å². The van der Waals surface area contributed by atoms with Crippen molar-refractivity contribution in [3.63, 3.8) is 0 Å². The molecule has 0 spiro atoms. The number of fused-ring (bicyclic) bond motifs is 1. The summed E-state index contributed by atoms with van der Waals surface area (Å²) in [7, 11) is 5.20. The van der Waals surface area contributed by atoms with Crippen molar-refractivity contribution in [1.82, 2.24) is 30.4 Å². The summed E-state index contributed by atoms with van der Waals surface area (Å²) < 4.78 is 0. The van der Waals surface area contributed by atoms with Crippen molar-refractivity contribution >= 4 is 52.4 Å². The lowest BCUT2D eigenvalue weighted by atomic mass is 10.2. The number of thiazole rings is 1. The van der Waals surface area contributed by atoms with E-state index in [4.69, 9.17) is 11.6 Å². The van der Waals surface area contributed by atoms with E-state index in [0.29, 0.717) is 10.0 Å². The maximum Gasteiger partial charge on any atom is 0.314 e. The lowest BCUT2D eigenvalue weighted by molar-refractivity contribution is -0.136. The van der Waals surface area contributed by atoms with E-state index >= 15 is 0 Å². The van der Waals surface area contributed by atoms with Crippen molar-refractivity contribution < 1.29 is 19.2 Å². The van der Waals surface area contributed by atoms with Gasteiger partial charge in [-0.2, -0.15) is 0 Å². The molecule has 1 atom stereocenters. The highest BCUT2D eigenvalue weighted by atomic mass is 35.5. The van der Waals surface area contributed by atoms with Gasteiger partial charge >= 0.3 is 11.8 Å². The van der Waals surface area contributed by atoms with E-state index in [1.165, 1.54) is 34.6 Å². The average molecular weight is 508 g/mol. The molecule has 0 radical (unpaired) electrons. The summed E-state index contributed by atoms with van der Waals surface area (Å²) in [4.78, 5) is 62.4. The summed E-state index contributed by atoms with van der Waals surface area (Å²) in [5.41, 5.74) is 0.912. The van der Waals surface area contributed by atoms with Crippen LogP contribution in [-0.2, 0) is 27.3 Å². The fraction of sp³-hybridized carbons (Fsp3) is 0.429. The number of halogens is 1. The zero-order valence-corrected chi connectivity index (χ0v) is 20.6. The van der Waals surface area contributed by atoms with Gasteiger partial charge in [-0.25, -0.2) is 9.97 Å². The molecule has 0 aliphatic carbocycles. The van der Waals surface area contributed by atoms with E-state index in [-0.39, 0.29) is 24.7 Å². The number of amides is 4. The topological polar surface area (TPSA) is 137 Å². The van der Waals surface area contributed by atoms with Crippen molar-refractivity contribution in [2.24, 2.45) is 0 Å². The Bertz CT molecular complexity index is 1070. The number of nitrogens with one attached hydrogen (secondary N) is 3. The van der Waals surface area contributed by atoms with Gasteiger partial charge < -0.3 is 25.8 Å². The highest BCUT2D eigenvalue weighted by Crippen LogP contribution is 2.24. The van der Waals surface area contributed by atoms with Crippen LogP contribution in [0.5, 0.6) is 0 Å². The average Bonchev–Trinajstić information content (AvgIpc) is 3.22. The van der Waals surface area contributed by atoms with Gasteiger partial charge in [0.25, 0.3) is 5.91 Å². The van der Waals surface area contributed by atoms with Gasteiger partial charge in [-0.15, -0.1) is 11.3 Å². The van der Waals surface area contributed by atoms with Crippen LogP contribution in [-0.4, -0.2) is 83.7 Å². The minimum Gasteiger partial charge on any atom is -0.349 e. The second kappa shape index (κ2) is 11.4. The molecule has 0 saturated heterocycles. The standard InChI is InChI=1S/C21H26ClN7O4S/c1-28(2)17(30)8-13(10-24-18(31)19(32)27-16-5-4-12(22)9-23-16)25-20(33)21-26-14-6-7-29(3)11-15(14)34-21/h4-5,9,13H,6-8,10-11H2,1-3H3,(H,24,31)(H,25,33)(H,23,27,32). The van der Waals surface area contributed by atoms with Crippen LogP contribution < -0.4 is 16.0 Å². The number of carbonyl (C=O) groups excluding carboxylic acids is 4. The van der Waals surface area contributed by atoms with Crippen molar-refractivity contribution in [3.8, 4) is 0 Å². The predicted octanol–water partition coefficient (Wildman–Crippen LogP) is 0.511. The lowest BCUT2D eigenvalue weighted by Gasteiger charge is -2.20. The molecule has 3 heterocycles. The van der Waals surface area contributed by atoms with Gasteiger partial charge in [0, 0.05) is 57.6 Å². The first-order valence-corrected chi connectivity index (χ1v) is 11.7. The Balaban J connectivity index is 1.61. The fourth-order valence-corrected chi connectivity index (χ4v) is 4.36. The summed E-state index contributed by atoms with van der Waals surface area (Å²) >= 11 is 7.07. The molecule has 0 fully saturated rings. The Kier molecular flexibility index (Phi) is 8.53. The molecule has 3 rings (SSSR count). The van der Waals surface area contributed by atoms with Crippen LogP contribution in [0.4, 0.5) is 5.82 Å². The molecule has 13 heteroatoms. The summed E-state index contributed by atoms with van der Waals surface area (Å²) in [5.74, 6) is -2.37. The second-order valence-corrected chi connectivity index (χ2v) is 9.59. The van der Waals surface area contributed by atoms with Gasteiger partial charge in [0.1, 0.15) is 5.82 Å². The molecule has 0 aromatic carbocycles. The monoisotopic (exact) mass is 507 g/mol. The largest absolute Gasteiger partial charge is 0.349 e. The number of aromatic nitrogens is 2. The van der Waals surface area contributed by atoms with Crippen molar-refractivity contribution in [1.29, 1.82) is 0 Å². The maximum absolute atomic E-state index is 12.8. The molecule has 4 amide bonds. The molecule has 3 N–H and O–H groups in total. The number of carbonyl (C=O) groups is 4. The summed E-state index contributed by atoms with van der Waals surface area (Å²) in [6, 6.07) is 2.24. The van der Waals surface area contributed by atoms with Crippen LogP contribution in [0.2, 0.25) is 5.02 Å². The van der Waals surface area contributed by atoms with Crippen LogP contribution >= 0.6 is 22.9 Å². The Morgan fingerprint density at radius 2 is 2.00 bits per heavy atom. The number of likely N-dealkylation sites (N-methyl/N-ethyl adjacent to an activating group) is 1. The number of pyridine rings is 1. The van der Waals surface area contributed by atoms with E-state index in [9.17, 15) is 19.2 Å². The Labute approximate surface area is 205 Å². The molecular weight excluding hydrogens is 482 g/mol. The van der Waals surface area contributed by atoms with Gasteiger partial charge in [-0.1, -0.05) is 11.6 Å². The lowest BCUT2D eigenvalue weighted by Crippen LogP contribution is -2.48. The Morgan fingerprint density at radius 1 is 1.24 bits per heavy atom. The number of rotatable bonds is 7. The SMILES string of the molecule is CN1CCc2nc(C(=O)NC(CNC(=O)C(=O)Nc3ccc(Cl)cn3)CC(=O)N(C)C)sc2C1. The maximum atomic E-state index is 12.8. The van der Waals surface area contributed by atoms with E-state index in [1.54, 1.807) is 14.1 Å². The highest BCUT2D eigenvalue weighted by molar-refractivity contribution is 7.13. The third-order valence-corrected chi connectivity index (χ3v) is 6.36. The summed E-state index contributed by atoms with van der Waals surface area (Å²) in [6.45, 7) is 1.48. The van der Waals surface area contributed by atoms with Gasteiger partial charge in [-0.3, -0.25) is 19.2 Å². The number of hydrogen-bond donors (Lipinski definition) is 3. The predicted molar refractivity (Wildman–Crippen MR) is 128 cm³/mol. The van der Waals surface area contributed by atoms with Crippen LogP contribution in [0.25, 0.3) is 0 Å². The van der Waals surface area contributed by atoms with Crippen molar-refractivity contribution in [2.45, 2.75) is 25.4 Å². The third-order valence-electron chi connectivity index (χ3n) is 5.06. The van der Waals surface area contributed by atoms with E-state index in [2.05, 4.69) is 30.8 Å². The van der Waals surface area contributed by atoms with Gasteiger partial charge in [-0.05, 0) is 19.2 Å². The third kappa shape index (κ3) is 6.95. The van der Waals surface area contributed by atoms with Crippen LogP contribution in [0.15, 0.2) is 18.3 Å². The normalized spacial score (nSPS) is 14.0. The van der Waals surface area contributed by atoms with Crippen LogP contribution in [0.1, 0.15) is 26.8 Å². The molecule has 11 nitrogen and oxygen atoms in total. The van der Waals surface area contributed by atoms with Gasteiger partial charge in [0.2, 0.25) is 5.91 Å². The molecule has 2 aromatic heterocycles. The van der Waals surface area contributed by atoms with E-state index in [0.717, 1.165) is 30.1 Å². The van der Waals surface area contributed by atoms with Crippen LogP contribution in [0, 0.1) is 0 Å². The quantitative estimate of drug-likeness (QED) is 0.464. The summed E-state index contributed by atoms with van der Waals surface area (Å²) in [6.07, 6.45) is 2.04. The molecule has 34 heavy (non-hydrogen) atoms. The van der Waals surface area contributed by atoms with Crippen molar-refractivity contribution in [2.75, 3.05) is 39.5 Å². The molecule has 1 aliphatic rings. The molecule has 1 unspecified atom stereocenters. The molecular formula is C21H26ClN7O4S. The first kappa shape index (κ1) is 25.5. The smallest absolute Gasteiger partial charge is 0.314 e. The minimum absolute atomic E-state index is 0.0623. The number of nitrogens with zero attached hydrogens (tertiary/aromatic N) is 4. The molecule has 1 aliphatic heterocycles. The number of anilines is 1. The fourth-order valence-electron chi connectivity index (χ4n) is 3.15. The first-order valence-electron chi connectivity index (χ1n) is 10.5. The zero-order valence-electron chi connectivity index (χ0n) is 19.1. The van der Waals surface area contributed by atoms with E-state index < -0.39 is 23.8 Å². The second-order valence-electron chi connectivity index (χ2n) is 8.07. The Morgan fingerprint density at radius 3 is 2.68 bits per heavy atom. The van der Waals surface area contributed by atoms with Gasteiger partial charge in [0.15, 0.2) is 5.01 Å². The molecule has 2 aromatic rings. The molecule has 0 bridgehead atoms. The minimum atomic E-state index is -0.935. The zero-order chi connectivity index (χ0) is 24.8. The molecule has 0 saturated carbocycles. The van der Waals surface area contributed by atoms with E-state index in [1.807, 2.05) is 7.05 Å². The first-order chi connectivity index (χ1) is 16.1.